The summed E-state index contributed by atoms with van der Waals surface area (Å²) < 4.78 is 0. The van der Waals surface area contributed by atoms with Crippen LogP contribution < -0.4 is 5.32 Å². The minimum absolute atomic E-state index is 0.153. The summed E-state index contributed by atoms with van der Waals surface area (Å²) in [4.78, 5) is 11.3. The first-order valence-corrected chi connectivity index (χ1v) is 6.33. The lowest BCUT2D eigenvalue weighted by Gasteiger charge is -2.33. The van der Waals surface area contributed by atoms with Crippen molar-refractivity contribution in [3.63, 3.8) is 0 Å². The number of nitrogens with one attached hydrogen (secondary N) is 1. The first-order chi connectivity index (χ1) is 7.04. The van der Waals surface area contributed by atoms with Gasteiger partial charge in [0.05, 0.1) is 0 Å². The predicted molar refractivity (Wildman–Crippen MR) is 61.6 cm³/mol. The van der Waals surface area contributed by atoms with Gasteiger partial charge in [0.1, 0.15) is 0 Å². The molecular weight excluding hydrogens is 186 g/mol. The second kappa shape index (κ2) is 3.80. The van der Waals surface area contributed by atoms with E-state index in [-0.39, 0.29) is 11.4 Å². The molecule has 2 rings (SSSR count). The molecule has 2 fully saturated rings. The van der Waals surface area contributed by atoms with E-state index in [0.717, 1.165) is 0 Å². The Balaban J connectivity index is 2.15. The van der Waals surface area contributed by atoms with E-state index in [9.17, 15) is 4.79 Å². The Morgan fingerprint density at radius 3 is 2.13 bits per heavy atom. The van der Waals surface area contributed by atoms with Gasteiger partial charge in [0.15, 0.2) is 0 Å². The number of rotatable bonds is 1. The van der Waals surface area contributed by atoms with Crippen molar-refractivity contribution in [1.29, 1.82) is 0 Å². The summed E-state index contributed by atoms with van der Waals surface area (Å²) in [5.41, 5.74) is 0.719. The Bertz CT molecular complexity index is 249. The van der Waals surface area contributed by atoms with Gasteiger partial charge in [-0.1, -0.05) is 19.8 Å². The smallest absolute Gasteiger partial charge is 0.217 e. The van der Waals surface area contributed by atoms with Crippen molar-refractivity contribution >= 4 is 5.91 Å². The molecule has 0 aromatic carbocycles. The molecule has 2 saturated carbocycles. The number of carbonyl (C=O) groups excluding carboxylic acids is 1. The van der Waals surface area contributed by atoms with Gasteiger partial charge in [0.25, 0.3) is 0 Å². The largest absolute Gasteiger partial charge is 0.351 e. The lowest BCUT2D eigenvalue weighted by Crippen LogP contribution is -2.47. The Kier molecular flexibility index (Phi) is 2.78. The highest BCUT2D eigenvalue weighted by molar-refractivity contribution is 5.73. The van der Waals surface area contributed by atoms with Gasteiger partial charge in [-0.25, -0.2) is 0 Å². The Hall–Kier alpha value is -0.530. The van der Waals surface area contributed by atoms with Crippen LogP contribution in [0.25, 0.3) is 0 Å². The van der Waals surface area contributed by atoms with Crippen molar-refractivity contribution in [2.45, 2.75) is 70.8 Å². The molecule has 86 valence electrons. The molecule has 2 nitrogen and oxygen atoms in total. The molecule has 1 N–H and O–H groups in total. The highest BCUT2D eigenvalue weighted by Gasteiger charge is 2.40. The van der Waals surface area contributed by atoms with Gasteiger partial charge in [-0.3, -0.25) is 4.79 Å². The van der Waals surface area contributed by atoms with Crippen LogP contribution in [0, 0.1) is 5.41 Å². The fourth-order valence-corrected chi connectivity index (χ4v) is 3.56. The zero-order valence-corrected chi connectivity index (χ0v) is 10.1. The molecule has 1 amide bonds. The number of hydrogen-bond donors (Lipinski definition) is 1. The van der Waals surface area contributed by atoms with Gasteiger partial charge in [-0.05, 0) is 43.9 Å². The summed E-state index contributed by atoms with van der Waals surface area (Å²) in [6.07, 6.45) is 10.2. The average Bonchev–Trinajstić information content (AvgIpc) is 2.33. The van der Waals surface area contributed by atoms with Gasteiger partial charge < -0.3 is 5.32 Å². The molecule has 2 aliphatic carbocycles. The minimum atomic E-state index is 0.153. The van der Waals surface area contributed by atoms with Crippen LogP contribution in [0.2, 0.25) is 0 Å². The van der Waals surface area contributed by atoms with Crippen LogP contribution in [0.4, 0.5) is 0 Å². The lowest BCUT2D eigenvalue weighted by atomic mass is 9.79. The molecule has 0 radical (unpaired) electrons. The van der Waals surface area contributed by atoms with Crippen LogP contribution in [-0.2, 0) is 4.79 Å². The minimum Gasteiger partial charge on any atom is -0.351 e. The standard InChI is InChI=1S/C13H23NO/c1-11(15)14-13-7-3-5-12(2,9-10-13)6-4-8-13/h3-10H2,1-2H3,(H,14,15). The molecule has 0 unspecified atom stereocenters. The van der Waals surface area contributed by atoms with Crippen molar-refractivity contribution < 1.29 is 4.79 Å². The van der Waals surface area contributed by atoms with Gasteiger partial charge in [0, 0.05) is 12.5 Å². The fraction of sp³-hybridized carbons (Fsp3) is 0.923. The summed E-state index contributed by atoms with van der Waals surface area (Å²) in [6, 6.07) is 0. The van der Waals surface area contributed by atoms with E-state index >= 15 is 0 Å². The van der Waals surface area contributed by atoms with Crippen molar-refractivity contribution in [2.75, 3.05) is 0 Å². The van der Waals surface area contributed by atoms with Gasteiger partial charge in [0.2, 0.25) is 5.91 Å². The van der Waals surface area contributed by atoms with E-state index < -0.39 is 0 Å². The van der Waals surface area contributed by atoms with Crippen molar-refractivity contribution in [3.05, 3.63) is 0 Å². The Labute approximate surface area is 92.8 Å². The zero-order chi connectivity index (χ0) is 10.9. The van der Waals surface area contributed by atoms with Crippen LogP contribution in [-0.4, -0.2) is 11.4 Å². The van der Waals surface area contributed by atoms with Crippen molar-refractivity contribution in [3.8, 4) is 0 Å². The zero-order valence-electron chi connectivity index (χ0n) is 10.1. The third-order valence-electron chi connectivity index (χ3n) is 4.52. The second-order valence-electron chi connectivity index (χ2n) is 5.98. The highest BCUT2D eigenvalue weighted by atomic mass is 16.1. The van der Waals surface area contributed by atoms with Crippen molar-refractivity contribution in [1.82, 2.24) is 5.32 Å². The van der Waals surface area contributed by atoms with Crippen molar-refractivity contribution in [2.24, 2.45) is 5.41 Å². The number of hydrogen-bond acceptors (Lipinski definition) is 1. The SMILES string of the molecule is CC(=O)NC12CCCC(C)(CCC1)CC2. The molecule has 0 aliphatic heterocycles. The van der Waals surface area contributed by atoms with Crippen LogP contribution >= 0.6 is 0 Å². The molecule has 0 spiro atoms. The summed E-state index contributed by atoms with van der Waals surface area (Å²) >= 11 is 0. The number of amides is 1. The first kappa shape index (κ1) is 11.0. The van der Waals surface area contributed by atoms with E-state index in [2.05, 4.69) is 12.2 Å². The molecule has 0 heterocycles. The van der Waals surface area contributed by atoms with Gasteiger partial charge in [-0.2, -0.15) is 0 Å². The second-order valence-corrected chi connectivity index (χ2v) is 5.98. The van der Waals surface area contributed by atoms with E-state index in [1.165, 1.54) is 51.4 Å². The average molecular weight is 209 g/mol. The van der Waals surface area contributed by atoms with E-state index in [0.29, 0.717) is 5.41 Å². The fourth-order valence-electron chi connectivity index (χ4n) is 3.56. The molecule has 0 saturated heterocycles. The summed E-state index contributed by atoms with van der Waals surface area (Å²) in [5, 5.41) is 3.24. The molecule has 0 aromatic heterocycles. The van der Waals surface area contributed by atoms with Gasteiger partial charge in [-0.15, -0.1) is 0 Å². The Morgan fingerprint density at radius 2 is 1.60 bits per heavy atom. The molecule has 0 aromatic rings. The summed E-state index contributed by atoms with van der Waals surface area (Å²) in [7, 11) is 0. The third-order valence-corrected chi connectivity index (χ3v) is 4.52. The third kappa shape index (κ3) is 2.35. The van der Waals surface area contributed by atoms with E-state index in [1.54, 1.807) is 6.92 Å². The molecule has 15 heavy (non-hydrogen) atoms. The molecule has 2 heteroatoms. The van der Waals surface area contributed by atoms with Crippen LogP contribution in [0.15, 0.2) is 0 Å². The predicted octanol–water partition coefficient (Wildman–Crippen LogP) is 3.02. The van der Waals surface area contributed by atoms with Gasteiger partial charge >= 0.3 is 0 Å². The lowest BCUT2D eigenvalue weighted by molar-refractivity contribution is -0.121. The van der Waals surface area contributed by atoms with Crippen LogP contribution in [0.3, 0.4) is 0 Å². The first-order valence-electron chi connectivity index (χ1n) is 6.33. The summed E-state index contributed by atoms with van der Waals surface area (Å²) in [5.74, 6) is 0.153. The maximum atomic E-state index is 11.3. The van der Waals surface area contributed by atoms with Crippen LogP contribution in [0.1, 0.15) is 65.2 Å². The topological polar surface area (TPSA) is 29.1 Å². The molecule has 2 bridgehead atoms. The molecule has 2 aliphatic rings. The Morgan fingerprint density at radius 1 is 1.00 bits per heavy atom. The van der Waals surface area contributed by atoms with E-state index in [4.69, 9.17) is 0 Å². The maximum Gasteiger partial charge on any atom is 0.217 e. The molecular formula is C13H23NO. The number of fused-ring (bicyclic) bond motifs is 3. The number of carbonyl (C=O) groups is 1. The van der Waals surface area contributed by atoms with E-state index in [1.807, 2.05) is 0 Å². The van der Waals surface area contributed by atoms with Crippen LogP contribution in [0.5, 0.6) is 0 Å². The highest BCUT2D eigenvalue weighted by Crippen LogP contribution is 2.47. The maximum absolute atomic E-state index is 11.3. The normalized spacial score (nSPS) is 40.7. The quantitative estimate of drug-likeness (QED) is 0.706. The monoisotopic (exact) mass is 209 g/mol. The molecule has 0 atom stereocenters. The summed E-state index contributed by atoms with van der Waals surface area (Å²) in [6.45, 7) is 4.09.